The normalized spacial score (nSPS) is 11.1. The van der Waals surface area contributed by atoms with Gasteiger partial charge in [0.2, 0.25) is 0 Å². The van der Waals surface area contributed by atoms with Crippen molar-refractivity contribution in [3.8, 4) is 5.75 Å². The number of alkyl carbamates (subject to hydrolysis) is 1. The molecule has 3 aromatic rings. The van der Waals surface area contributed by atoms with Gasteiger partial charge in [-0.2, -0.15) is 0 Å². The van der Waals surface area contributed by atoms with E-state index in [9.17, 15) is 19.2 Å². The van der Waals surface area contributed by atoms with Gasteiger partial charge >= 0.3 is 23.7 Å². The van der Waals surface area contributed by atoms with E-state index < -0.39 is 29.3 Å². The van der Waals surface area contributed by atoms with E-state index in [2.05, 4.69) is 5.32 Å². The zero-order valence-corrected chi connectivity index (χ0v) is 20.0. The number of fused-ring (bicyclic) bond motifs is 1. The summed E-state index contributed by atoms with van der Waals surface area (Å²) in [4.78, 5) is 47.9. The quantitative estimate of drug-likeness (QED) is 0.304. The van der Waals surface area contributed by atoms with Gasteiger partial charge in [0.25, 0.3) is 0 Å². The van der Waals surface area contributed by atoms with E-state index in [1.165, 1.54) is 13.0 Å². The molecule has 1 aromatic heterocycles. The van der Waals surface area contributed by atoms with E-state index in [0.717, 1.165) is 5.56 Å². The summed E-state index contributed by atoms with van der Waals surface area (Å²) in [5.41, 5.74) is 0.0997. The first-order chi connectivity index (χ1) is 16.5. The Bertz CT molecular complexity index is 1300. The first-order valence-corrected chi connectivity index (χ1v) is 11.0. The maximum Gasteiger partial charge on any atom is 0.407 e. The fourth-order valence-electron chi connectivity index (χ4n) is 3.14. The van der Waals surface area contributed by atoms with Gasteiger partial charge in [-0.25, -0.2) is 14.4 Å². The summed E-state index contributed by atoms with van der Waals surface area (Å²) in [5, 5.41) is 3.16. The number of esters is 2. The molecule has 0 atom stereocenters. The minimum absolute atomic E-state index is 0.0553. The molecule has 9 heteroatoms. The number of hydrogen-bond donors (Lipinski definition) is 1. The van der Waals surface area contributed by atoms with Gasteiger partial charge in [0, 0.05) is 18.9 Å². The van der Waals surface area contributed by atoms with Crippen molar-refractivity contribution < 1.29 is 33.0 Å². The highest BCUT2D eigenvalue weighted by molar-refractivity contribution is 5.94. The van der Waals surface area contributed by atoms with Gasteiger partial charge in [0.1, 0.15) is 29.1 Å². The van der Waals surface area contributed by atoms with Crippen molar-refractivity contribution in [2.75, 3.05) is 6.54 Å². The first-order valence-electron chi connectivity index (χ1n) is 11.0. The van der Waals surface area contributed by atoms with Crippen LogP contribution in [0, 0.1) is 0 Å². The zero-order chi connectivity index (χ0) is 25.6. The Hall–Kier alpha value is -4.14. The van der Waals surface area contributed by atoms with Gasteiger partial charge in [-0.3, -0.25) is 4.79 Å². The van der Waals surface area contributed by atoms with Crippen molar-refractivity contribution in [3.05, 3.63) is 75.6 Å². The lowest BCUT2D eigenvalue weighted by molar-refractivity contribution is -0.142. The molecule has 184 valence electrons. The molecule has 0 aliphatic rings. The molecule has 3 rings (SSSR count). The molecule has 1 heterocycles. The van der Waals surface area contributed by atoms with E-state index in [1.54, 1.807) is 57.2 Å². The Morgan fingerprint density at radius 3 is 2.49 bits per heavy atom. The SMILES string of the molecule is CC(=O)OCc1ccc2oc(=O)c(C(=O)Oc3cccc(CCNC(=O)OC(C)(C)C)c3)cc2c1. The molecule has 1 amide bonds. The number of hydrogen-bond acceptors (Lipinski definition) is 8. The van der Waals surface area contributed by atoms with Crippen LogP contribution in [0.4, 0.5) is 4.79 Å². The van der Waals surface area contributed by atoms with Gasteiger partial charge in [-0.15, -0.1) is 0 Å². The smallest absolute Gasteiger partial charge is 0.407 e. The molecule has 0 spiro atoms. The lowest BCUT2D eigenvalue weighted by Crippen LogP contribution is -2.33. The first kappa shape index (κ1) is 25.5. The van der Waals surface area contributed by atoms with Gasteiger partial charge in [-0.1, -0.05) is 18.2 Å². The topological polar surface area (TPSA) is 121 Å². The second kappa shape index (κ2) is 10.9. The van der Waals surface area contributed by atoms with Gasteiger partial charge in [0.05, 0.1) is 0 Å². The highest BCUT2D eigenvalue weighted by Gasteiger charge is 2.18. The van der Waals surface area contributed by atoms with E-state index >= 15 is 0 Å². The fourth-order valence-corrected chi connectivity index (χ4v) is 3.14. The van der Waals surface area contributed by atoms with E-state index in [4.69, 9.17) is 18.6 Å². The van der Waals surface area contributed by atoms with Crippen LogP contribution in [0.15, 0.2) is 57.7 Å². The third kappa shape index (κ3) is 7.70. The van der Waals surface area contributed by atoms with Crippen molar-refractivity contribution in [2.24, 2.45) is 0 Å². The van der Waals surface area contributed by atoms with Crippen LogP contribution in [0.3, 0.4) is 0 Å². The van der Waals surface area contributed by atoms with Crippen LogP contribution in [-0.4, -0.2) is 30.2 Å². The van der Waals surface area contributed by atoms with Crippen LogP contribution in [0.25, 0.3) is 11.0 Å². The molecule has 0 radical (unpaired) electrons. The maximum atomic E-state index is 12.7. The summed E-state index contributed by atoms with van der Waals surface area (Å²) < 4.78 is 20.8. The lowest BCUT2D eigenvalue weighted by atomic mass is 10.1. The molecule has 35 heavy (non-hydrogen) atoms. The van der Waals surface area contributed by atoms with Crippen LogP contribution in [0.2, 0.25) is 0 Å². The largest absolute Gasteiger partial charge is 0.461 e. The minimum atomic E-state index is -0.866. The van der Waals surface area contributed by atoms with Crippen LogP contribution in [-0.2, 0) is 27.3 Å². The van der Waals surface area contributed by atoms with Crippen LogP contribution < -0.4 is 15.7 Å². The predicted molar refractivity (Wildman–Crippen MR) is 127 cm³/mol. The van der Waals surface area contributed by atoms with Gasteiger partial charge in [0.15, 0.2) is 0 Å². The third-order valence-corrected chi connectivity index (χ3v) is 4.65. The van der Waals surface area contributed by atoms with Gasteiger partial charge < -0.3 is 23.9 Å². The molecule has 0 unspecified atom stereocenters. The van der Waals surface area contributed by atoms with E-state index in [0.29, 0.717) is 23.9 Å². The summed E-state index contributed by atoms with van der Waals surface area (Å²) in [6.45, 7) is 7.03. The number of ether oxygens (including phenoxy) is 3. The van der Waals surface area contributed by atoms with E-state index in [1.807, 2.05) is 6.07 Å². The monoisotopic (exact) mass is 481 g/mol. The Kier molecular flexibility index (Phi) is 7.91. The average Bonchev–Trinajstić information content (AvgIpc) is 2.76. The van der Waals surface area contributed by atoms with Crippen LogP contribution in [0.1, 0.15) is 49.2 Å². The number of nitrogens with one attached hydrogen (secondary N) is 1. The summed E-state index contributed by atoms with van der Waals surface area (Å²) in [6, 6.07) is 13.0. The van der Waals surface area contributed by atoms with Crippen molar-refractivity contribution in [2.45, 2.75) is 46.3 Å². The molecule has 1 N–H and O–H groups in total. The van der Waals surface area contributed by atoms with Crippen molar-refractivity contribution >= 4 is 29.0 Å². The average molecular weight is 482 g/mol. The Balaban J connectivity index is 1.68. The number of amides is 1. The Labute approximate surface area is 202 Å². The predicted octanol–water partition coefficient (Wildman–Crippen LogP) is 4.14. The maximum absolute atomic E-state index is 12.7. The Morgan fingerprint density at radius 1 is 1.00 bits per heavy atom. The summed E-state index contributed by atoms with van der Waals surface area (Å²) >= 11 is 0. The summed E-state index contributed by atoms with van der Waals surface area (Å²) in [5.74, 6) is -1.04. The standard InChI is InChI=1S/C26H27NO8/c1-16(28)32-15-18-8-9-22-19(12-18)14-21(24(30)34-22)23(29)33-20-7-5-6-17(13-20)10-11-27-25(31)35-26(2,3)4/h5-9,12-14H,10-11,15H2,1-4H3,(H,27,31). The molecular weight excluding hydrogens is 454 g/mol. The number of rotatable bonds is 7. The molecule has 0 aliphatic carbocycles. The van der Waals surface area contributed by atoms with E-state index in [-0.39, 0.29) is 23.5 Å². The number of carbonyl (C=O) groups excluding carboxylic acids is 3. The molecule has 0 saturated carbocycles. The molecule has 0 fully saturated rings. The second-order valence-electron chi connectivity index (χ2n) is 8.82. The fraction of sp³-hybridized carbons (Fsp3) is 0.308. The molecular formula is C26H27NO8. The summed E-state index contributed by atoms with van der Waals surface area (Å²) in [6.07, 6.45) is -0.0347. The molecule has 2 aromatic carbocycles. The van der Waals surface area contributed by atoms with Crippen molar-refractivity contribution in [1.29, 1.82) is 0 Å². The number of benzene rings is 2. The van der Waals surface area contributed by atoms with Gasteiger partial charge in [-0.05, 0) is 68.7 Å². The van der Waals surface area contributed by atoms with Crippen LogP contribution in [0.5, 0.6) is 5.75 Å². The molecule has 9 nitrogen and oxygen atoms in total. The minimum Gasteiger partial charge on any atom is -0.461 e. The van der Waals surface area contributed by atoms with Crippen LogP contribution >= 0.6 is 0 Å². The second-order valence-corrected chi connectivity index (χ2v) is 8.82. The summed E-state index contributed by atoms with van der Waals surface area (Å²) in [7, 11) is 0. The molecule has 0 bridgehead atoms. The highest BCUT2D eigenvalue weighted by atomic mass is 16.6. The molecule has 0 aliphatic heterocycles. The highest BCUT2D eigenvalue weighted by Crippen LogP contribution is 2.19. The lowest BCUT2D eigenvalue weighted by Gasteiger charge is -2.19. The number of carbonyl (C=O) groups is 3. The Morgan fingerprint density at radius 2 is 1.77 bits per heavy atom. The third-order valence-electron chi connectivity index (χ3n) is 4.65. The van der Waals surface area contributed by atoms with Crippen molar-refractivity contribution in [1.82, 2.24) is 5.32 Å². The van der Waals surface area contributed by atoms with Crippen molar-refractivity contribution in [3.63, 3.8) is 0 Å². The molecule has 0 saturated heterocycles. The zero-order valence-electron chi connectivity index (χ0n) is 20.0.